The van der Waals surface area contributed by atoms with E-state index in [1.165, 1.54) is 0 Å². The van der Waals surface area contributed by atoms with Crippen LogP contribution in [0.2, 0.25) is 6.32 Å². The summed E-state index contributed by atoms with van der Waals surface area (Å²) in [5, 5.41) is 0. The zero-order chi connectivity index (χ0) is 10.7. The fourth-order valence-electron chi connectivity index (χ4n) is 2.55. The van der Waals surface area contributed by atoms with Crippen LogP contribution in [0, 0.1) is 5.92 Å². The lowest BCUT2D eigenvalue weighted by atomic mass is 9.88. The highest BCUT2D eigenvalue weighted by molar-refractivity contribution is 6.09. The standard InChI is InChI=1S/C10H20BNO2/c1-7-8(5-11)12(2)9(6-13-3)10(7)14-4/h7-10H,5-6H2,1-4H3/t7-,8-,9+,10-/m0/s1. The Morgan fingerprint density at radius 2 is 1.93 bits per heavy atom. The van der Waals surface area contributed by atoms with Crippen LogP contribution >= 0.6 is 0 Å². The zero-order valence-electron chi connectivity index (χ0n) is 9.56. The van der Waals surface area contributed by atoms with Crippen molar-refractivity contribution in [3.8, 4) is 0 Å². The first-order valence-corrected chi connectivity index (χ1v) is 5.11. The van der Waals surface area contributed by atoms with Crippen LogP contribution in [-0.2, 0) is 9.47 Å². The van der Waals surface area contributed by atoms with Crippen LogP contribution in [-0.4, -0.2) is 58.8 Å². The normalized spacial score (nSPS) is 39.1. The van der Waals surface area contributed by atoms with Gasteiger partial charge in [0.25, 0.3) is 0 Å². The molecule has 1 fully saturated rings. The van der Waals surface area contributed by atoms with Gasteiger partial charge in [-0.3, -0.25) is 4.90 Å². The van der Waals surface area contributed by atoms with Crippen LogP contribution in [0.1, 0.15) is 6.92 Å². The smallest absolute Gasteiger partial charge is 0.0788 e. The third-order valence-electron chi connectivity index (χ3n) is 3.40. The fourth-order valence-corrected chi connectivity index (χ4v) is 2.55. The molecule has 0 saturated carbocycles. The molecule has 1 saturated heterocycles. The van der Waals surface area contributed by atoms with Gasteiger partial charge in [0.1, 0.15) is 0 Å². The topological polar surface area (TPSA) is 21.7 Å². The van der Waals surface area contributed by atoms with E-state index >= 15 is 0 Å². The molecule has 3 nitrogen and oxygen atoms in total. The maximum atomic E-state index is 5.75. The van der Waals surface area contributed by atoms with Crippen LogP contribution in [0.25, 0.3) is 0 Å². The van der Waals surface area contributed by atoms with Crippen LogP contribution in [0.15, 0.2) is 0 Å². The largest absolute Gasteiger partial charge is 0.383 e. The summed E-state index contributed by atoms with van der Waals surface area (Å²) in [6.07, 6.45) is 0.908. The number of hydrogen-bond donors (Lipinski definition) is 0. The summed E-state index contributed by atoms with van der Waals surface area (Å²) in [4.78, 5) is 2.28. The van der Waals surface area contributed by atoms with Crippen molar-refractivity contribution in [3.63, 3.8) is 0 Å². The maximum Gasteiger partial charge on any atom is 0.0788 e. The van der Waals surface area contributed by atoms with Crippen molar-refractivity contribution in [2.24, 2.45) is 5.92 Å². The summed E-state index contributed by atoms with van der Waals surface area (Å²) in [6.45, 7) is 2.90. The second kappa shape index (κ2) is 5.15. The van der Waals surface area contributed by atoms with Gasteiger partial charge in [0.15, 0.2) is 0 Å². The Morgan fingerprint density at radius 1 is 1.29 bits per heavy atom. The molecule has 0 amide bonds. The number of likely N-dealkylation sites (N-methyl/N-ethyl adjacent to an activating group) is 1. The summed E-state index contributed by atoms with van der Waals surface area (Å²) in [6, 6.07) is 0.730. The van der Waals surface area contributed by atoms with Crippen LogP contribution in [0.4, 0.5) is 0 Å². The molecule has 80 valence electrons. The number of methoxy groups -OCH3 is 2. The van der Waals surface area contributed by atoms with Gasteiger partial charge in [-0.05, 0) is 13.0 Å². The number of hydrogen-bond acceptors (Lipinski definition) is 3. The maximum absolute atomic E-state index is 5.75. The van der Waals surface area contributed by atoms with Crippen molar-refractivity contribution in [2.45, 2.75) is 31.4 Å². The Labute approximate surface area is 88.2 Å². The Balaban J connectivity index is 2.72. The SMILES string of the molecule is [B]C[C@H]1[C@H](C)[C@H](OC)[C@@H](COC)N1C. The third-order valence-corrected chi connectivity index (χ3v) is 3.40. The molecule has 1 aliphatic heterocycles. The van der Waals surface area contributed by atoms with Gasteiger partial charge in [-0.25, -0.2) is 0 Å². The Hall–Kier alpha value is -0.0551. The van der Waals surface area contributed by atoms with Gasteiger partial charge < -0.3 is 9.47 Å². The summed E-state index contributed by atoms with van der Waals surface area (Å²) in [5.74, 6) is 0.468. The molecule has 0 unspecified atom stereocenters. The minimum Gasteiger partial charge on any atom is -0.383 e. The molecule has 4 heteroatoms. The Morgan fingerprint density at radius 3 is 2.36 bits per heavy atom. The molecule has 2 radical (unpaired) electrons. The van der Waals surface area contributed by atoms with E-state index in [1.54, 1.807) is 14.2 Å². The molecule has 0 aromatic rings. The predicted octanol–water partition coefficient (Wildman–Crippen LogP) is 0.553. The highest BCUT2D eigenvalue weighted by atomic mass is 16.5. The Bertz CT molecular complexity index is 180. The fraction of sp³-hybridized carbons (Fsp3) is 1.00. The number of rotatable bonds is 4. The average molecular weight is 197 g/mol. The highest BCUT2D eigenvalue weighted by Crippen LogP contribution is 2.32. The number of ether oxygens (including phenoxy) is 2. The summed E-state index contributed by atoms with van der Waals surface area (Å²) in [5.41, 5.74) is 0. The lowest BCUT2D eigenvalue weighted by molar-refractivity contribution is 0.0181. The monoisotopic (exact) mass is 197 g/mol. The van der Waals surface area contributed by atoms with Crippen LogP contribution in [0.3, 0.4) is 0 Å². The van der Waals surface area contributed by atoms with E-state index in [4.69, 9.17) is 17.3 Å². The first-order chi connectivity index (χ1) is 6.67. The number of likely N-dealkylation sites (tertiary alicyclic amines) is 1. The first-order valence-electron chi connectivity index (χ1n) is 5.11. The number of nitrogens with zero attached hydrogens (tertiary/aromatic N) is 1. The molecule has 0 N–H and O–H groups in total. The predicted molar refractivity (Wildman–Crippen MR) is 57.7 cm³/mol. The summed E-state index contributed by atoms with van der Waals surface area (Å²) < 4.78 is 10.7. The molecule has 1 heterocycles. The molecule has 14 heavy (non-hydrogen) atoms. The van der Waals surface area contributed by atoms with Crippen molar-refractivity contribution >= 4 is 7.85 Å². The molecule has 0 bridgehead atoms. The van der Waals surface area contributed by atoms with Gasteiger partial charge in [0.05, 0.1) is 26.6 Å². The molecule has 0 spiro atoms. The van der Waals surface area contributed by atoms with Gasteiger partial charge >= 0.3 is 0 Å². The second-order valence-corrected chi connectivity index (χ2v) is 4.05. The van der Waals surface area contributed by atoms with E-state index in [9.17, 15) is 0 Å². The zero-order valence-corrected chi connectivity index (χ0v) is 9.56. The van der Waals surface area contributed by atoms with Crippen molar-refractivity contribution in [3.05, 3.63) is 0 Å². The summed E-state index contributed by atoms with van der Waals surface area (Å²) in [7, 11) is 11.3. The average Bonchev–Trinajstić information content (AvgIpc) is 2.39. The molecular weight excluding hydrogens is 177 g/mol. The van der Waals surface area contributed by atoms with Crippen molar-refractivity contribution in [1.29, 1.82) is 0 Å². The van der Waals surface area contributed by atoms with E-state index in [0.717, 1.165) is 0 Å². The van der Waals surface area contributed by atoms with E-state index < -0.39 is 0 Å². The quantitative estimate of drug-likeness (QED) is 0.614. The molecule has 0 aromatic heterocycles. The molecule has 4 atom stereocenters. The molecule has 0 aliphatic carbocycles. The van der Waals surface area contributed by atoms with Crippen molar-refractivity contribution < 1.29 is 9.47 Å². The lowest BCUT2D eigenvalue weighted by Gasteiger charge is -2.25. The van der Waals surface area contributed by atoms with Crippen LogP contribution in [0.5, 0.6) is 0 Å². The third kappa shape index (κ3) is 1.97. The summed E-state index contributed by atoms with van der Waals surface area (Å²) >= 11 is 0. The lowest BCUT2D eigenvalue weighted by Crippen LogP contribution is -2.39. The van der Waals surface area contributed by atoms with Crippen molar-refractivity contribution in [2.75, 3.05) is 27.9 Å². The van der Waals surface area contributed by atoms with Gasteiger partial charge in [-0.2, -0.15) is 0 Å². The van der Waals surface area contributed by atoms with Gasteiger partial charge in [0, 0.05) is 20.3 Å². The van der Waals surface area contributed by atoms with E-state index in [-0.39, 0.29) is 6.10 Å². The van der Waals surface area contributed by atoms with E-state index in [2.05, 4.69) is 18.9 Å². The minimum atomic E-state index is 0.230. The van der Waals surface area contributed by atoms with Gasteiger partial charge in [0.2, 0.25) is 0 Å². The van der Waals surface area contributed by atoms with E-state index in [0.29, 0.717) is 30.9 Å². The first kappa shape index (κ1) is 12.0. The highest BCUT2D eigenvalue weighted by Gasteiger charge is 2.43. The van der Waals surface area contributed by atoms with E-state index in [1.807, 2.05) is 0 Å². The van der Waals surface area contributed by atoms with Crippen molar-refractivity contribution in [1.82, 2.24) is 4.90 Å². The molecule has 0 aromatic carbocycles. The Kier molecular flexibility index (Phi) is 4.42. The molecule has 1 aliphatic rings. The van der Waals surface area contributed by atoms with Crippen LogP contribution < -0.4 is 0 Å². The van der Waals surface area contributed by atoms with Gasteiger partial charge in [-0.1, -0.05) is 13.2 Å². The second-order valence-electron chi connectivity index (χ2n) is 4.05. The molecular formula is C10H20BNO2. The molecule has 1 rings (SSSR count). The van der Waals surface area contributed by atoms with Gasteiger partial charge in [-0.15, -0.1) is 0 Å². The minimum absolute atomic E-state index is 0.230.